The van der Waals surface area contributed by atoms with Gasteiger partial charge in [-0.1, -0.05) is 6.92 Å². The van der Waals surface area contributed by atoms with E-state index in [1.807, 2.05) is 17.9 Å². The first-order valence-electron chi connectivity index (χ1n) is 5.08. The van der Waals surface area contributed by atoms with Gasteiger partial charge in [-0.3, -0.25) is 4.90 Å². The Bertz CT molecular complexity index is 256. The van der Waals surface area contributed by atoms with Crippen LogP contribution in [0.3, 0.4) is 0 Å². The molecule has 0 atom stereocenters. The normalized spacial score (nSPS) is 11.1. The smallest absolute Gasteiger partial charge is 0.0947 e. The van der Waals surface area contributed by atoms with E-state index in [0.29, 0.717) is 0 Å². The molecule has 0 radical (unpaired) electrons. The molecule has 0 saturated heterocycles. The molecule has 0 aliphatic heterocycles. The molecule has 0 aliphatic rings. The Morgan fingerprint density at radius 3 is 2.93 bits per heavy atom. The maximum Gasteiger partial charge on any atom is 0.0947 e. The van der Waals surface area contributed by atoms with Crippen molar-refractivity contribution in [2.24, 2.45) is 7.05 Å². The molecule has 1 rings (SSSR count). The number of nitrogens with zero attached hydrogens (tertiary/aromatic N) is 3. The van der Waals surface area contributed by atoms with Gasteiger partial charge in [-0.15, -0.1) is 0 Å². The van der Waals surface area contributed by atoms with Gasteiger partial charge in [-0.25, -0.2) is 4.98 Å². The van der Waals surface area contributed by atoms with Gasteiger partial charge in [-0.05, 0) is 13.6 Å². The fourth-order valence-electron chi connectivity index (χ4n) is 1.35. The van der Waals surface area contributed by atoms with Crippen LogP contribution in [0.4, 0.5) is 0 Å². The zero-order valence-electron chi connectivity index (χ0n) is 9.32. The van der Waals surface area contributed by atoms with Crippen molar-refractivity contribution in [2.45, 2.75) is 13.5 Å². The lowest BCUT2D eigenvalue weighted by atomic mass is 10.4. The van der Waals surface area contributed by atoms with Crippen molar-refractivity contribution in [3.63, 3.8) is 0 Å². The number of likely N-dealkylation sites (N-methyl/N-ethyl adjacent to an activating group) is 2. The van der Waals surface area contributed by atoms with Crippen LogP contribution in [0.15, 0.2) is 12.5 Å². The summed E-state index contributed by atoms with van der Waals surface area (Å²) in [6, 6.07) is 0. The average molecular weight is 196 g/mol. The Morgan fingerprint density at radius 1 is 1.57 bits per heavy atom. The summed E-state index contributed by atoms with van der Waals surface area (Å²) >= 11 is 0. The van der Waals surface area contributed by atoms with Crippen molar-refractivity contribution in [3.05, 3.63) is 18.2 Å². The molecule has 0 amide bonds. The Balaban J connectivity index is 2.23. The second-order valence-corrected chi connectivity index (χ2v) is 3.62. The molecule has 4 heteroatoms. The molecular weight excluding hydrogens is 176 g/mol. The quantitative estimate of drug-likeness (QED) is 0.671. The summed E-state index contributed by atoms with van der Waals surface area (Å²) < 4.78 is 1.98. The lowest BCUT2D eigenvalue weighted by molar-refractivity contribution is 0.322. The SMILES string of the molecule is CCNCCN(C)Cc1cn(C)cn1. The molecule has 1 N–H and O–H groups in total. The van der Waals surface area contributed by atoms with E-state index in [9.17, 15) is 0 Å². The maximum atomic E-state index is 4.28. The summed E-state index contributed by atoms with van der Waals surface area (Å²) in [4.78, 5) is 6.55. The van der Waals surface area contributed by atoms with Gasteiger partial charge in [0.2, 0.25) is 0 Å². The van der Waals surface area contributed by atoms with E-state index in [-0.39, 0.29) is 0 Å². The minimum atomic E-state index is 0.923. The molecule has 0 aromatic carbocycles. The van der Waals surface area contributed by atoms with Gasteiger partial charge in [0.25, 0.3) is 0 Å². The van der Waals surface area contributed by atoms with Gasteiger partial charge < -0.3 is 9.88 Å². The summed E-state index contributed by atoms with van der Waals surface area (Å²) in [5.74, 6) is 0. The highest BCUT2D eigenvalue weighted by Gasteiger charge is 2.01. The summed E-state index contributed by atoms with van der Waals surface area (Å²) in [5, 5.41) is 3.30. The highest BCUT2D eigenvalue weighted by molar-refractivity contribution is 4.95. The third kappa shape index (κ3) is 3.89. The average Bonchev–Trinajstić information content (AvgIpc) is 2.52. The molecule has 0 spiro atoms. The second-order valence-electron chi connectivity index (χ2n) is 3.62. The van der Waals surface area contributed by atoms with Crippen molar-refractivity contribution in [3.8, 4) is 0 Å². The molecule has 1 heterocycles. The molecule has 0 saturated carbocycles. The molecule has 80 valence electrons. The fraction of sp³-hybridized carbons (Fsp3) is 0.700. The van der Waals surface area contributed by atoms with Crippen LogP contribution in [-0.2, 0) is 13.6 Å². The Labute approximate surface area is 85.9 Å². The number of nitrogens with one attached hydrogen (secondary N) is 1. The highest BCUT2D eigenvalue weighted by Crippen LogP contribution is 1.98. The Morgan fingerprint density at radius 2 is 2.36 bits per heavy atom. The van der Waals surface area contributed by atoms with Crippen LogP contribution in [0.2, 0.25) is 0 Å². The van der Waals surface area contributed by atoms with Crippen molar-refractivity contribution in [1.82, 2.24) is 19.8 Å². The summed E-state index contributed by atoms with van der Waals surface area (Å²) in [5.41, 5.74) is 1.13. The van der Waals surface area contributed by atoms with E-state index in [2.05, 4.69) is 35.4 Å². The fourth-order valence-corrected chi connectivity index (χ4v) is 1.35. The first kappa shape index (κ1) is 11.2. The van der Waals surface area contributed by atoms with Crippen molar-refractivity contribution in [1.29, 1.82) is 0 Å². The molecular formula is C10H20N4. The predicted molar refractivity (Wildman–Crippen MR) is 58.1 cm³/mol. The second kappa shape index (κ2) is 5.78. The van der Waals surface area contributed by atoms with Gasteiger partial charge in [0.05, 0.1) is 12.0 Å². The van der Waals surface area contributed by atoms with Crippen LogP contribution < -0.4 is 5.32 Å². The van der Waals surface area contributed by atoms with Gasteiger partial charge in [0, 0.05) is 32.9 Å². The first-order valence-corrected chi connectivity index (χ1v) is 5.08. The van der Waals surface area contributed by atoms with Crippen LogP contribution in [0.25, 0.3) is 0 Å². The van der Waals surface area contributed by atoms with E-state index in [1.165, 1.54) is 0 Å². The van der Waals surface area contributed by atoms with Gasteiger partial charge in [-0.2, -0.15) is 0 Å². The van der Waals surface area contributed by atoms with Crippen LogP contribution in [0, 0.1) is 0 Å². The van der Waals surface area contributed by atoms with E-state index in [1.54, 1.807) is 0 Å². The molecule has 4 nitrogen and oxygen atoms in total. The van der Waals surface area contributed by atoms with E-state index in [0.717, 1.165) is 31.9 Å². The van der Waals surface area contributed by atoms with E-state index in [4.69, 9.17) is 0 Å². The maximum absolute atomic E-state index is 4.28. The third-order valence-electron chi connectivity index (χ3n) is 2.11. The van der Waals surface area contributed by atoms with Crippen molar-refractivity contribution < 1.29 is 0 Å². The van der Waals surface area contributed by atoms with Crippen LogP contribution in [0.5, 0.6) is 0 Å². The summed E-state index contributed by atoms with van der Waals surface area (Å²) in [7, 11) is 4.11. The zero-order chi connectivity index (χ0) is 10.4. The topological polar surface area (TPSA) is 33.1 Å². The number of aromatic nitrogens is 2. The standard InChI is InChI=1S/C10H20N4/c1-4-11-5-6-13(2)7-10-8-14(3)9-12-10/h8-9,11H,4-7H2,1-3H3. The third-order valence-corrected chi connectivity index (χ3v) is 2.11. The minimum Gasteiger partial charge on any atom is -0.340 e. The number of hydrogen-bond acceptors (Lipinski definition) is 3. The lowest BCUT2D eigenvalue weighted by Gasteiger charge is -2.14. The lowest BCUT2D eigenvalue weighted by Crippen LogP contribution is -2.28. The number of aryl methyl sites for hydroxylation is 1. The molecule has 0 unspecified atom stereocenters. The highest BCUT2D eigenvalue weighted by atomic mass is 15.1. The molecule has 0 aliphatic carbocycles. The van der Waals surface area contributed by atoms with Crippen LogP contribution >= 0.6 is 0 Å². The Kier molecular flexibility index (Phi) is 4.62. The van der Waals surface area contributed by atoms with Crippen LogP contribution in [0.1, 0.15) is 12.6 Å². The summed E-state index contributed by atoms with van der Waals surface area (Å²) in [6.07, 6.45) is 3.90. The predicted octanol–water partition coefficient (Wildman–Crippen LogP) is 0.461. The molecule has 1 aromatic heterocycles. The number of hydrogen-bond donors (Lipinski definition) is 1. The van der Waals surface area contributed by atoms with Gasteiger partial charge in [0.15, 0.2) is 0 Å². The zero-order valence-corrected chi connectivity index (χ0v) is 9.32. The monoisotopic (exact) mass is 196 g/mol. The van der Waals surface area contributed by atoms with Gasteiger partial charge in [0.1, 0.15) is 0 Å². The van der Waals surface area contributed by atoms with Crippen LogP contribution in [-0.4, -0.2) is 41.1 Å². The Hall–Kier alpha value is -0.870. The number of imidazole rings is 1. The number of rotatable bonds is 6. The van der Waals surface area contributed by atoms with Crippen molar-refractivity contribution >= 4 is 0 Å². The summed E-state index contributed by atoms with van der Waals surface area (Å²) in [6.45, 7) is 6.19. The molecule has 14 heavy (non-hydrogen) atoms. The molecule has 0 fully saturated rings. The molecule has 0 bridgehead atoms. The van der Waals surface area contributed by atoms with Gasteiger partial charge >= 0.3 is 0 Å². The van der Waals surface area contributed by atoms with Crippen molar-refractivity contribution in [2.75, 3.05) is 26.7 Å². The van der Waals surface area contributed by atoms with E-state index < -0.39 is 0 Å². The minimum absolute atomic E-state index is 0.923. The first-order chi connectivity index (χ1) is 6.72. The van der Waals surface area contributed by atoms with E-state index >= 15 is 0 Å². The largest absolute Gasteiger partial charge is 0.340 e. The molecule has 1 aromatic rings.